The molecule has 0 radical (unpaired) electrons. The number of amides is 1. The average molecular weight is 401 g/mol. The van der Waals surface area contributed by atoms with E-state index in [0.717, 1.165) is 34.2 Å². The Kier molecular flexibility index (Phi) is 6.30. The third-order valence-electron chi connectivity index (χ3n) is 4.15. The van der Waals surface area contributed by atoms with Crippen LogP contribution in [0.1, 0.15) is 22.6 Å². The number of halogens is 1. The normalized spacial score (nSPS) is 10.7. The molecule has 3 rings (SSSR count). The highest BCUT2D eigenvalue weighted by Crippen LogP contribution is 2.23. The Morgan fingerprint density at radius 2 is 2.00 bits per heavy atom. The highest BCUT2D eigenvalue weighted by Gasteiger charge is 2.12. The van der Waals surface area contributed by atoms with E-state index in [1.165, 1.54) is 12.1 Å². The molecular formula is C20H20FN3O3S. The lowest BCUT2D eigenvalue weighted by Gasteiger charge is -2.08. The predicted octanol–water partition coefficient (Wildman–Crippen LogP) is 4.44. The van der Waals surface area contributed by atoms with E-state index < -0.39 is 5.82 Å². The Bertz CT molecular complexity index is 991. The van der Waals surface area contributed by atoms with Crippen molar-refractivity contribution in [3.05, 3.63) is 64.8 Å². The highest BCUT2D eigenvalue weighted by molar-refractivity contribution is 7.99. The van der Waals surface area contributed by atoms with Crippen molar-refractivity contribution in [1.29, 1.82) is 0 Å². The summed E-state index contributed by atoms with van der Waals surface area (Å²) in [6.07, 6.45) is 0. The van der Waals surface area contributed by atoms with Crippen molar-refractivity contribution in [2.24, 2.45) is 0 Å². The van der Waals surface area contributed by atoms with Gasteiger partial charge in [-0.3, -0.25) is 4.79 Å². The van der Waals surface area contributed by atoms with E-state index in [1.54, 1.807) is 13.0 Å². The highest BCUT2D eigenvalue weighted by atomic mass is 32.2. The molecule has 0 saturated carbocycles. The van der Waals surface area contributed by atoms with Crippen LogP contribution < -0.4 is 10.1 Å². The monoisotopic (exact) mass is 401 g/mol. The first kappa shape index (κ1) is 19.9. The summed E-state index contributed by atoms with van der Waals surface area (Å²) in [4.78, 5) is 12.1. The fraction of sp³-hybridized carbons (Fsp3) is 0.250. The van der Waals surface area contributed by atoms with Crippen LogP contribution >= 0.6 is 11.8 Å². The summed E-state index contributed by atoms with van der Waals surface area (Å²) in [7, 11) is 0. The van der Waals surface area contributed by atoms with E-state index in [1.807, 2.05) is 32.0 Å². The zero-order chi connectivity index (χ0) is 20.1. The number of nitrogens with zero attached hydrogens (tertiary/aromatic N) is 2. The SMILES string of the molecule is Cc1ccc(F)cc1NC(=O)CSc1nnc(COc2cccc(C)c2C)o1. The van der Waals surface area contributed by atoms with Crippen LogP contribution in [0, 0.1) is 26.6 Å². The molecule has 146 valence electrons. The molecule has 2 aromatic carbocycles. The minimum Gasteiger partial charge on any atom is -0.484 e. The second-order valence-corrected chi connectivity index (χ2v) is 7.17. The molecule has 0 saturated heterocycles. The fourth-order valence-corrected chi connectivity index (χ4v) is 3.00. The van der Waals surface area contributed by atoms with Gasteiger partial charge >= 0.3 is 0 Å². The van der Waals surface area contributed by atoms with Gasteiger partial charge in [0.05, 0.1) is 5.75 Å². The van der Waals surface area contributed by atoms with Crippen molar-refractivity contribution >= 4 is 23.4 Å². The molecule has 0 aliphatic carbocycles. The molecule has 0 aliphatic rings. The van der Waals surface area contributed by atoms with Gasteiger partial charge in [0.15, 0.2) is 6.61 Å². The van der Waals surface area contributed by atoms with Gasteiger partial charge in [0, 0.05) is 5.69 Å². The molecule has 0 unspecified atom stereocenters. The number of carbonyl (C=O) groups excluding carboxylic acids is 1. The predicted molar refractivity (Wildman–Crippen MR) is 105 cm³/mol. The second-order valence-electron chi connectivity index (χ2n) is 6.24. The number of hydrogen-bond acceptors (Lipinski definition) is 6. The number of benzene rings is 2. The van der Waals surface area contributed by atoms with Crippen LogP contribution in [0.15, 0.2) is 46.0 Å². The third-order valence-corrected chi connectivity index (χ3v) is 4.97. The van der Waals surface area contributed by atoms with Gasteiger partial charge in [0.2, 0.25) is 5.91 Å². The van der Waals surface area contributed by atoms with Gasteiger partial charge in [-0.1, -0.05) is 30.0 Å². The lowest BCUT2D eigenvalue weighted by molar-refractivity contribution is -0.113. The number of anilines is 1. The van der Waals surface area contributed by atoms with Crippen LogP contribution in [-0.4, -0.2) is 21.9 Å². The van der Waals surface area contributed by atoms with Crippen LogP contribution in [0.5, 0.6) is 5.75 Å². The Morgan fingerprint density at radius 3 is 2.82 bits per heavy atom. The Hall–Kier alpha value is -2.87. The maximum atomic E-state index is 13.3. The molecule has 8 heteroatoms. The summed E-state index contributed by atoms with van der Waals surface area (Å²) in [5.41, 5.74) is 3.42. The molecule has 1 aromatic heterocycles. The van der Waals surface area contributed by atoms with Crippen molar-refractivity contribution in [3.8, 4) is 5.75 Å². The molecule has 1 amide bonds. The van der Waals surface area contributed by atoms with Crippen molar-refractivity contribution in [2.75, 3.05) is 11.1 Å². The first-order chi connectivity index (χ1) is 13.4. The van der Waals surface area contributed by atoms with Crippen LogP contribution in [0.2, 0.25) is 0 Å². The Labute approximate surface area is 166 Å². The van der Waals surface area contributed by atoms with E-state index in [2.05, 4.69) is 15.5 Å². The van der Waals surface area contributed by atoms with Gasteiger partial charge in [0.25, 0.3) is 11.1 Å². The summed E-state index contributed by atoms with van der Waals surface area (Å²) in [6.45, 7) is 5.94. The van der Waals surface area contributed by atoms with Crippen molar-refractivity contribution in [1.82, 2.24) is 10.2 Å². The molecule has 3 aromatic rings. The number of carbonyl (C=O) groups is 1. The lowest BCUT2D eigenvalue weighted by atomic mass is 10.1. The summed E-state index contributed by atoms with van der Waals surface area (Å²) < 4.78 is 24.5. The van der Waals surface area contributed by atoms with Crippen molar-refractivity contribution in [2.45, 2.75) is 32.6 Å². The summed E-state index contributed by atoms with van der Waals surface area (Å²) in [5.74, 6) is 0.459. The average Bonchev–Trinajstić information content (AvgIpc) is 3.12. The number of hydrogen-bond donors (Lipinski definition) is 1. The van der Waals surface area contributed by atoms with Crippen LogP contribution in [-0.2, 0) is 11.4 Å². The van der Waals surface area contributed by atoms with Crippen LogP contribution in [0.25, 0.3) is 0 Å². The molecule has 1 N–H and O–H groups in total. The lowest BCUT2D eigenvalue weighted by Crippen LogP contribution is -2.15. The Balaban J connectivity index is 1.51. The molecule has 0 bridgehead atoms. The van der Waals surface area contributed by atoms with Gasteiger partial charge in [-0.25, -0.2) is 4.39 Å². The summed E-state index contributed by atoms with van der Waals surface area (Å²) in [5, 5.41) is 10.8. The smallest absolute Gasteiger partial charge is 0.277 e. The van der Waals surface area contributed by atoms with Crippen LogP contribution in [0.4, 0.5) is 10.1 Å². The molecule has 28 heavy (non-hydrogen) atoms. The number of rotatable bonds is 7. The van der Waals surface area contributed by atoms with Gasteiger partial charge < -0.3 is 14.5 Å². The number of aryl methyl sites for hydroxylation is 2. The fourth-order valence-electron chi connectivity index (χ4n) is 2.42. The zero-order valence-electron chi connectivity index (χ0n) is 15.8. The molecule has 1 heterocycles. The first-order valence-corrected chi connectivity index (χ1v) is 9.61. The third kappa shape index (κ3) is 5.10. The first-order valence-electron chi connectivity index (χ1n) is 8.62. The van der Waals surface area contributed by atoms with E-state index in [0.29, 0.717) is 11.6 Å². The minimum absolute atomic E-state index is 0.0649. The number of aromatic nitrogens is 2. The Morgan fingerprint density at radius 1 is 1.18 bits per heavy atom. The maximum Gasteiger partial charge on any atom is 0.277 e. The van der Waals surface area contributed by atoms with Crippen LogP contribution in [0.3, 0.4) is 0 Å². The quantitative estimate of drug-likeness (QED) is 0.590. The van der Waals surface area contributed by atoms with E-state index in [9.17, 15) is 9.18 Å². The largest absolute Gasteiger partial charge is 0.484 e. The number of thioether (sulfide) groups is 1. The van der Waals surface area contributed by atoms with Gasteiger partial charge in [-0.15, -0.1) is 10.2 Å². The molecular weight excluding hydrogens is 381 g/mol. The van der Waals surface area contributed by atoms with E-state index in [4.69, 9.17) is 9.15 Å². The van der Waals surface area contributed by atoms with E-state index >= 15 is 0 Å². The zero-order valence-corrected chi connectivity index (χ0v) is 16.6. The summed E-state index contributed by atoms with van der Waals surface area (Å²) >= 11 is 1.10. The second kappa shape index (κ2) is 8.88. The summed E-state index contributed by atoms with van der Waals surface area (Å²) in [6, 6.07) is 10.1. The molecule has 0 atom stereocenters. The molecule has 6 nitrogen and oxygen atoms in total. The van der Waals surface area contributed by atoms with Crippen molar-refractivity contribution < 1.29 is 18.3 Å². The number of nitrogens with one attached hydrogen (secondary N) is 1. The van der Waals surface area contributed by atoms with Gasteiger partial charge in [-0.05, 0) is 55.7 Å². The molecule has 0 aliphatic heterocycles. The minimum atomic E-state index is -0.404. The van der Waals surface area contributed by atoms with Gasteiger partial charge in [0.1, 0.15) is 11.6 Å². The molecule has 0 spiro atoms. The van der Waals surface area contributed by atoms with Crippen molar-refractivity contribution in [3.63, 3.8) is 0 Å². The maximum absolute atomic E-state index is 13.3. The number of ether oxygens (including phenoxy) is 1. The topological polar surface area (TPSA) is 77.2 Å². The van der Waals surface area contributed by atoms with Gasteiger partial charge in [-0.2, -0.15) is 0 Å². The van der Waals surface area contributed by atoms with E-state index in [-0.39, 0.29) is 23.5 Å². The standard InChI is InChI=1S/C20H20FN3O3S/c1-12-5-4-6-17(14(12)3)26-10-19-23-24-20(27-19)28-11-18(25)22-16-9-15(21)8-7-13(16)2/h4-9H,10-11H2,1-3H3,(H,22,25). The molecule has 0 fully saturated rings.